The van der Waals surface area contributed by atoms with E-state index in [1.165, 1.54) is 66.6 Å². The van der Waals surface area contributed by atoms with Crippen LogP contribution in [0.2, 0.25) is 0 Å². The fourth-order valence-corrected chi connectivity index (χ4v) is 3.88. The second kappa shape index (κ2) is 6.95. The number of benzene rings is 1. The normalized spacial score (nSPS) is 18.9. The fraction of sp³-hybridized carbons (Fsp3) is 0.667. The van der Waals surface area contributed by atoms with Gasteiger partial charge in [0.05, 0.1) is 5.38 Å². The van der Waals surface area contributed by atoms with Gasteiger partial charge < -0.3 is 4.90 Å². The number of alkyl halides is 1. The van der Waals surface area contributed by atoms with Gasteiger partial charge >= 0.3 is 0 Å². The first-order valence-electron chi connectivity index (χ1n) is 7.94. The molecule has 1 nitrogen and oxygen atoms in total. The lowest BCUT2D eigenvalue weighted by atomic mass is 9.92. The highest BCUT2D eigenvalue weighted by Crippen LogP contribution is 2.32. The molecule has 0 aliphatic carbocycles. The zero-order valence-corrected chi connectivity index (χ0v) is 14.2. The van der Waals surface area contributed by atoms with E-state index in [0.29, 0.717) is 0 Å². The molecule has 2 heteroatoms. The molecule has 0 saturated carbocycles. The lowest BCUT2D eigenvalue weighted by Gasteiger charge is -2.26. The van der Waals surface area contributed by atoms with Crippen LogP contribution in [0.4, 0.5) is 0 Å². The summed E-state index contributed by atoms with van der Waals surface area (Å²) in [6.07, 6.45) is 5.42. The van der Waals surface area contributed by atoms with Crippen LogP contribution < -0.4 is 0 Å². The van der Waals surface area contributed by atoms with Crippen molar-refractivity contribution in [2.45, 2.75) is 58.8 Å². The van der Waals surface area contributed by atoms with Crippen LogP contribution in [-0.4, -0.2) is 24.5 Å². The van der Waals surface area contributed by atoms with Crippen molar-refractivity contribution in [2.75, 3.05) is 19.6 Å². The van der Waals surface area contributed by atoms with Crippen LogP contribution in [0, 0.1) is 27.7 Å². The Morgan fingerprint density at radius 1 is 0.950 bits per heavy atom. The van der Waals surface area contributed by atoms with Gasteiger partial charge in [0, 0.05) is 6.54 Å². The Balaban J connectivity index is 2.18. The van der Waals surface area contributed by atoms with Crippen molar-refractivity contribution < 1.29 is 0 Å². The van der Waals surface area contributed by atoms with Crippen LogP contribution in [0.15, 0.2) is 6.07 Å². The minimum atomic E-state index is 0.117. The number of hydrogen-bond donors (Lipinski definition) is 0. The molecule has 0 N–H and O–H groups in total. The summed E-state index contributed by atoms with van der Waals surface area (Å²) in [4.78, 5) is 2.56. The Bertz CT molecular complexity index is 433. The van der Waals surface area contributed by atoms with Gasteiger partial charge in [-0.15, -0.1) is 11.6 Å². The van der Waals surface area contributed by atoms with Gasteiger partial charge in [-0.05, 0) is 81.4 Å². The van der Waals surface area contributed by atoms with Crippen molar-refractivity contribution in [3.8, 4) is 0 Å². The topological polar surface area (TPSA) is 3.24 Å². The molecule has 1 unspecified atom stereocenters. The second-order valence-corrected chi connectivity index (χ2v) is 6.88. The first kappa shape index (κ1) is 15.9. The first-order chi connectivity index (χ1) is 9.50. The van der Waals surface area contributed by atoms with Gasteiger partial charge in [0.15, 0.2) is 0 Å². The third-order valence-corrected chi connectivity index (χ3v) is 5.21. The largest absolute Gasteiger partial charge is 0.302 e. The molecule has 1 aliphatic heterocycles. The maximum atomic E-state index is 6.81. The Labute approximate surface area is 129 Å². The number of likely N-dealkylation sites (tertiary alicyclic amines) is 1. The second-order valence-electron chi connectivity index (χ2n) is 6.36. The molecule has 1 heterocycles. The van der Waals surface area contributed by atoms with Crippen LogP contribution >= 0.6 is 11.6 Å². The summed E-state index contributed by atoms with van der Waals surface area (Å²) in [5.74, 6) is 0. The summed E-state index contributed by atoms with van der Waals surface area (Å²) in [5, 5.41) is 0.117. The van der Waals surface area contributed by atoms with Crippen molar-refractivity contribution in [3.05, 3.63) is 33.9 Å². The summed E-state index contributed by atoms with van der Waals surface area (Å²) in [6.45, 7) is 12.2. The molecule has 20 heavy (non-hydrogen) atoms. The van der Waals surface area contributed by atoms with Crippen molar-refractivity contribution in [3.63, 3.8) is 0 Å². The molecular weight excluding hydrogens is 266 g/mol. The summed E-state index contributed by atoms with van der Waals surface area (Å²) in [6, 6.07) is 2.28. The molecule has 1 fully saturated rings. The number of halogens is 1. The Morgan fingerprint density at radius 2 is 1.45 bits per heavy atom. The average Bonchev–Trinajstić information content (AvgIpc) is 2.65. The molecule has 112 valence electrons. The molecular formula is C18H28ClN. The van der Waals surface area contributed by atoms with Gasteiger partial charge in [0.25, 0.3) is 0 Å². The molecule has 2 rings (SSSR count). The highest BCUT2D eigenvalue weighted by Gasteiger charge is 2.20. The molecule has 1 atom stereocenters. The van der Waals surface area contributed by atoms with Crippen molar-refractivity contribution >= 4 is 11.6 Å². The van der Waals surface area contributed by atoms with Gasteiger partial charge in [-0.1, -0.05) is 18.9 Å². The summed E-state index contributed by atoms with van der Waals surface area (Å²) < 4.78 is 0. The fourth-order valence-electron chi connectivity index (χ4n) is 3.35. The highest BCUT2D eigenvalue weighted by atomic mass is 35.5. The predicted octanol–water partition coefficient (Wildman–Crippen LogP) is 5.08. The molecule has 1 aliphatic rings. The maximum absolute atomic E-state index is 6.81. The van der Waals surface area contributed by atoms with E-state index in [9.17, 15) is 0 Å². The summed E-state index contributed by atoms with van der Waals surface area (Å²) >= 11 is 6.81. The number of hydrogen-bond acceptors (Lipinski definition) is 1. The lowest BCUT2D eigenvalue weighted by molar-refractivity contribution is 0.285. The molecule has 0 radical (unpaired) electrons. The van der Waals surface area contributed by atoms with Gasteiger partial charge in [-0.25, -0.2) is 0 Å². The van der Waals surface area contributed by atoms with E-state index in [0.717, 1.165) is 6.54 Å². The van der Waals surface area contributed by atoms with Crippen LogP contribution in [0.3, 0.4) is 0 Å². The summed E-state index contributed by atoms with van der Waals surface area (Å²) in [7, 11) is 0. The van der Waals surface area contributed by atoms with Gasteiger partial charge in [-0.2, -0.15) is 0 Å². The van der Waals surface area contributed by atoms with Crippen LogP contribution in [0.5, 0.6) is 0 Å². The SMILES string of the molecule is Cc1cc(C)c(C)c(C(Cl)CN2CCCCCC2)c1C. The molecule has 0 aromatic heterocycles. The van der Waals surface area contributed by atoms with Gasteiger partial charge in [-0.3, -0.25) is 0 Å². The monoisotopic (exact) mass is 293 g/mol. The van der Waals surface area contributed by atoms with Crippen molar-refractivity contribution in [1.29, 1.82) is 0 Å². The number of nitrogens with zero attached hydrogens (tertiary/aromatic N) is 1. The van der Waals surface area contributed by atoms with E-state index in [1.807, 2.05) is 0 Å². The quantitative estimate of drug-likeness (QED) is 0.703. The molecule has 0 spiro atoms. The van der Waals surface area contributed by atoms with Gasteiger partial charge in [0.1, 0.15) is 0 Å². The smallest absolute Gasteiger partial charge is 0.0717 e. The third-order valence-electron chi connectivity index (χ3n) is 4.85. The zero-order chi connectivity index (χ0) is 14.7. The summed E-state index contributed by atoms with van der Waals surface area (Å²) in [5.41, 5.74) is 6.86. The number of aryl methyl sites for hydroxylation is 2. The number of rotatable bonds is 3. The molecule has 0 bridgehead atoms. The van der Waals surface area contributed by atoms with E-state index in [2.05, 4.69) is 38.7 Å². The Hall–Kier alpha value is -0.530. The predicted molar refractivity (Wildman–Crippen MR) is 88.9 cm³/mol. The van der Waals surface area contributed by atoms with Gasteiger partial charge in [0.2, 0.25) is 0 Å². The average molecular weight is 294 g/mol. The molecule has 1 aromatic rings. The highest BCUT2D eigenvalue weighted by molar-refractivity contribution is 6.21. The van der Waals surface area contributed by atoms with Crippen LogP contribution in [0.25, 0.3) is 0 Å². The van der Waals surface area contributed by atoms with Crippen LogP contribution in [-0.2, 0) is 0 Å². The van der Waals surface area contributed by atoms with Crippen molar-refractivity contribution in [1.82, 2.24) is 4.90 Å². The Morgan fingerprint density at radius 3 is 1.95 bits per heavy atom. The van der Waals surface area contributed by atoms with E-state index in [4.69, 9.17) is 11.6 Å². The van der Waals surface area contributed by atoms with E-state index >= 15 is 0 Å². The first-order valence-corrected chi connectivity index (χ1v) is 8.38. The third kappa shape index (κ3) is 3.56. The maximum Gasteiger partial charge on any atom is 0.0717 e. The van der Waals surface area contributed by atoms with E-state index in [1.54, 1.807) is 0 Å². The standard InChI is InChI=1S/C18H28ClN/c1-13-11-14(2)16(4)18(15(13)3)17(19)12-20-9-7-5-6-8-10-20/h11,17H,5-10,12H2,1-4H3. The van der Waals surface area contributed by atoms with Crippen molar-refractivity contribution in [2.24, 2.45) is 0 Å². The minimum Gasteiger partial charge on any atom is -0.302 e. The molecule has 1 aromatic carbocycles. The molecule has 0 amide bonds. The molecule has 1 saturated heterocycles. The zero-order valence-electron chi connectivity index (χ0n) is 13.4. The van der Waals surface area contributed by atoms with E-state index in [-0.39, 0.29) is 5.38 Å². The van der Waals surface area contributed by atoms with E-state index < -0.39 is 0 Å². The minimum absolute atomic E-state index is 0.117. The Kier molecular flexibility index (Phi) is 5.51. The lowest BCUT2D eigenvalue weighted by Crippen LogP contribution is -2.28. The van der Waals surface area contributed by atoms with Crippen LogP contribution in [0.1, 0.15) is 58.9 Å².